The highest BCUT2D eigenvalue weighted by Crippen LogP contribution is 2.21. The van der Waals surface area contributed by atoms with Crippen molar-refractivity contribution in [3.63, 3.8) is 0 Å². The molecule has 2 N–H and O–H groups in total. The zero-order valence-electron chi connectivity index (χ0n) is 13.7. The lowest BCUT2D eigenvalue weighted by atomic mass is 10.1. The van der Waals surface area contributed by atoms with Gasteiger partial charge >= 0.3 is 0 Å². The highest BCUT2D eigenvalue weighted by atomic mass is 32.2. The van der Waals surface area contributed by atoms with Gasteiger partial charge < -0.3 is 5.32 Å². The van der Waals surface area contributed by atoms with Crippen LogP contribution in [0.1, 0.15) is 16.7 Å². The van der Waals surface area contributed by atoms with E-state index in [-0.39, 0.29) is 4.90 Å². The summed E-state index contributed by atoms with van der Waals surface area (Å²) in [4.78, 5) is 11.9. The second-order valence-corrected chi connectivity index (χ2v) is 7.37. The van der Waals surface area contributed by atoms with E-state index in [0.29, 0.717) is 5.69 Å². The van der Waals surface area contributed by atoms with Crippen molar-refractivity contribution in [1.82, 2.24) is 4.72 Å². The predicted octanol–water partition coefficient (Wildman–Crippen LogP) is 2.67. The van der Waals surface area contributed by atoms with Crippen LogP contribution < -0.4 is 10.0 Å². The van der Waals surface area contributed by atoms with Crippen molar-refractivity contribution in [3.05, 3.63) is 58.9 Å². The number of sulfonamides is 1. The average Bonchev–Trinajstić information content (AvgIpc) is 2.49. The molecular weight excluding hydrogens is 331 g/mol. The summed E-state index contributed by atoms with van der Waals surface area (Å²) < 4.78 is 39.2. The molecule has 0 aromatic heterocycles. The Labute approximate surface area is 141 Å². The van der Waals surface area contributed by atoms with E-state index in [1.54, 1.807) is 0 Å². The fraction of sp³-hybridized carbons (Fsp3) is 0.235. The standard InChI is InChI=1S/C17H19FN2O3S/c1-11-8-12(2)17(13(3)9-11)20-16(21)10-19-24(22,23)15-6-4-14(18)5-7-15/h4-9,19H,10H2,1-3H3,(H,20,21). The zero-order chi connectivity index (χ0) is 17.9. The quantitative estimate of drug-likeness (QED) is 0.870. The summed E-state index contributed by atoms with van der Waals surface area (Å²) in [5, 5.41) is 2.71. The SMILES string of the molecule is Cc1cc(C)c(NC(=O)CNS(=O)(=O)c2ccc(F)cc2)c(C)c1. The van der Waals surface area contributed by atoms with Gasteiger partial charge in [-0.25, -0.2) is 17.5 Å². The van der Waals surface area contributed by atoms with Crippen LogP contribution in [0.5, 0.6) is 0 Å². The molecule has 7 heteroatoms. The number of benzene rings is 2. The molecule has 0 saturated heterocycles. The third-order valence-corrected chi connectivity index (χ3v) is 4.91. The van der Waals surface area contributed by atoms with E-state index in [1.807, 2.05) is 32.9 Å². The molecule has 0 spiro atoms. The minimum Gasteiger partial charge on any atom is -0.324 e. The molecule has 2 aromatic carbocycles. The first-order valence-corrected chi connectivity index (χ1v) is 8.80. The number of hydrogen-bond acceptors (Lipinski definition) is 3. The molecule has 0 unspecified atom stereocenters. The smallest absolute Gasteiger partial charge is 0.241 e. The summed E-state index contributed by atoms with van der Waals surface area (Å²) >= 11 is 0. The average molecular weight is 350 g/mol. The summed E-state index contributed by atoms with van der Waals surface area (Å²) in [6.45, 7) is 5.30. The van der Waals surface area contributed by atoms with Gasteiger partial charge in [0.25, 0.3) is 0 Å². The maximum atomic E-state index is 12.9. The maximum absolute atomic E-state index is 12.9. The number of nitrogens with one attached hydrogen (secondary N) is 2. The molecule has 2 aromatic rings. The number of hydrogen-bond donors (Lipinski definition) is 2. The van der Waals surface area contributed by atoms with E-state index >= 15 is 0 Å². The van der Waals surface area contributed by atoms with Crippen LogP contribution in [0.4, 0.5) is 10.1 Å². The lowest BCUT2D eigenvalue weighted by molar-refractivity contribution is -0.115. The molecule has 128 valence electrons. The van der Waals surface area contributed by atoms with Crippen LogP contribution in [0.15, 0.2) is 41.3 Å². The molecule has 0 bridgehead atoms. The van der Waals surface area contributed by atoms with Crippen LogP contribution >= 0.6 is 0 Å². The third kappa shape index (κ3) is 4.39. The van der Waals surface area contributed by atoms with E-state index < -0.39 is 28.3 Å². The molecule has 0 fully saturated rings. The van der Waals surface area contributed by atoms with Crippen molar-refractivity contribution in [2.45, 2.75) is 25.7 Å². The molecule has 24 heavy (non-hydrogen) atoms. The van der Waals surface area contributed by atoms with Crippen molar-refractivity contribution in [3.8, 4) is 0 Å². The van der Waals surface area contributed by atoms with Crippen molar-refractivity contribution in [2.24, 2.45) is 0 Å². The Morgan fingerprint density at radius 3 is 2.12 bits per heavy atom. The van der Waals surface area contributed by atoms with Crippen molar-refractivity contribution < 1.29 is 17.6 Å². The van der Waals surface area contributed by atoms with Gasteiger partial charge in [-0.3, -0.25) is 4.79 Å². The summed E-state index contributed by atoms with van der Waals surface area (Å²) in [6.07, 6.45) is 0. The monoisotopic (exact) mass is 350 g/mol. The molecular formula is C17H19FN2O3S. The lowest BCUT2D eigenvalue weighted by Crippen LogP contribution is -2.33. The molecule has 2 rings (SSSR count). The second kappa shape index (κ2) is 7.11. The second-order valence-electron chi connectivity index (χ2n) is 5.60. The van der Waals surface area contributed by atoms with E-state index in [0.717, 1.165) is 41.0 Å². The molecule has 0 radical (unpaired) electrons. The van der Waals surface area contributed by atoms with Crippen LogP contribution in [-0.2, 0) is 14.8 Å². The number of anilines is 1. The van der Waals surface area contributed by atoms with Gasteiger partial charge in [-0.2, -0.15) is 0 Å². The van der Waals surface area contributed by atoms with Crippen LogP contribution in [-0.4, -0.2) is 20.9 Å². The van der Waals surface area contributed by atoms with E-state index in [4.69, 9.17) is 0 Å². The molecule has 0 atom stereocenters. The van der Waals surface area contributed by atoms with Gasteiger partial charge in [0.05, 0.1) is 11.4 Å². The Balaban J connectivity index is 2.04. The number of carbonyl (C=O) groups is 1. The first kappa shape index (κ1) is 18.1. The minimum absolute atomic E-state index is 0.0978. The van der Waals surface area contributed by atoms with Gasteiger partial charge in [0.15, 0.2) is 0 Å². The molecule has 0 aliphatic heterocycles. The van der Waals surface area contributed by atoms with E-state index in [9.17, 15) is 17.6 Å². The Morgan fingerprint density at radius 2 is 1.58 bits per heavy atom. The third-order valence-electron chi connectivity index (χ3n) is 3.49. The van der Waals surface area contributed by atoms with Gasteiger partial charge in [-0.05, 0) is 56.2 Å². The van der Waals surface area contributed by atoms with Gasteiger partial charge in [0.2, 0.25) is 15.9 Å². The number of aryl methyl sites for hydroxylation is 3. The van der Waals surface area contributed by atoms with Crippen molar-refractivity contribution in [1.29, 1.82) is 0 Å². The van der Waals surface area contributed by atoms with Crippen LogP contribution in [0.3, 0.4) is 0 Å². The summed E-state index contributed by atoms with van der Waals surface area (Å²) in [5.41, 5.74) is 3.57. The summed E-state index contributed by atoms with van der Waals surface area (Å²) in [5.74, 6) is -1.01. The maximum Gasteiger partial charge on any atom is 0.241 e. The number of amides is 1. The van der Waals surface area contributed by atoms with Crippen molar-refractivity contribution >= 4 is 21.6 Å². The Kier molecular flexibility index (Phi) is 5.36. The Morgan fingerprint density at radius 1 is 1.04 bits per heavy atom. The Hall–Kier alpha value is -2.25. The highest BCUT2D eigenvalue weighted by molar-refractivity contribution is 7.89. The van der Waals surface area contributed by atoms with Crippen LogP contribution in [0, 0.1) is 26.6 Å². The van der Waals surface area contributed by atoms with Crippen molar-refractivity contribution in [2.75, 3.05) is 11.9 Å². The predicted molar refractivity (Wildman–Crippen MR) is 90.9 cm³/mol. The fourth-order valence-electron chi connectivity index (χ4n) is 2.42. The molecule has 0 heterocycles. The van der Waals surface area contributed by atoms with Gasteiger partial charge in [-0.15, -0.1) is 0 Å². The summed E-state index contributed by atoms with van der Waals surface area (Å²) in [7, 11) is -3.87. The number of rotatable bonds is 5. The number of halogens is 1. The minimum atomic E-state index is -3.87. The molecule has 0 saturated carbocycles. The molecule has 0 aliphatic carbocycles. The van der Waals surface area contributed by atoms with Gasteiger partial charge in [0, 0.05) is 5.69 Å². The molecule has 5 nitrogen and oxygen atoms in total. The molecule has 1 amide bonds. The van der Waals surface area contributed by atoms with Crippen LogP contribution in [0.25, 0.3) is 0 Å². The topological polar surface area (TPSA) is 75.3 Å². The normalized spacial score (nSPS) is 11.3. The largest absolute Gasteiger partial charge is 0.324 e. The lowest BCUT2D eigenvalue weighted by Gasteiger charge is -2.13. The van der Waals surface area contributed by atoms with Gasteiger partial charge in [-0.1, -0.05) is 17.7 Å². The Bertz CT molecular complexity index is 839. The highest BCUT2D eigenvalue weighted by Gasteiger charge is 2.16. The van der Waals surface area contributed by atoms with E-state index in [2.05, 4.69) is 10.0 Å². The zero-order valence-corrected chi connectivity index (χ0v) is 14.5. The van der Waals surface area contributed by atoms with Crippen LogP contribution in [0.2, 0.25) is 0 Å². The number of carbonyl (C=O) groups excluding carboxylic acids is 1. The fourth-order valence-corrected chi connectivity index (χ4v) is 3.40. The van der Waals surface area contributed by atoms with E-state index in [1.165, 1.54) is 0 Å². The molecule has 0 aliphatic rings. The first-order chi connectivity index (χ1) is 11.2. The first-order valence-electron chi connectivity index (χ1n) is 7.32. The van der Waals surface area contributed by atoms with Gasteiger partial charge in [0.1, 0.15) is 5.82 Å². The summed E-state index contributed by atoms with van der Waals surface area (Å²) in [6, 6.07) is 8.26.